The quantitative estimate of drug-likeness (QED) is 0.364. The van der Waals surface area contributed by atoms with Gasteiger partial charge in [-0.05, 0) is 0 Å². The monoisotopic (exact) mass is 437 g/mol. The van der Waals surface area contributed by atoms with Crippen LogP contribution in [0.25, 0.3) is 11.2 Å². The van der Waals surface area contributed by atoms with Crippen LogP contribution in [0.4, 0.5) is 5.82 Å². The number of thioether (sulfide) groups is 2. The number of nitrogens with two attached hydrogens (primary N) is 1. The van der Waals surface area contributed by atoms with Gasteiger partial charge in [0.15, 0.2) is 26.4 Å². The van der Waals surface area contributed by atoms with Gasteiger partial charge >= 0.3 is 0 Å². The Morgan fingerprint density at radius 1 is 1.21 bits per heavy atom. The first-order valence-electron chi connectivity index (χ1n) is 8.05. The number of nitrogens with zero attached hydrogens (tertiary/aromatic N) is 6. The van der Waals surface area contributed by atoms with Crippen LogP contribution in [0.2, 0.25) is 0 Å². The summed E-state index contributed by atoms with van der Waals surface area (Å²) in [5, 5.41) is 29.0. The average Bonchev–Trinajstić information content (AvgIpc) is 3.39. The first kappa shape index (κ1) is 19.4. The molecule has 1 fully saturated rings. The van der Waals surface area contributed by atoms with Gasteiger partial charge in [0.2, 0.25) is 0 Å². The predicted octanol–water partition coefficient (Wildman–Crippen LogP) is 0.397. The van der Waals surface area contributed by atoms with E-state index < -0.39 is 24.5 Å². The molecule has 0 bridgehead atoms. The number of fused-ring (bicyclic) bond motifs is 1. The molecule has 4 rings (SSSR count). The number of hydrogen-bond donors (Lipinski definition) is 3. The maximum Gasteiger partial charge on any atom is 0.176 e. The lowest BCUT2D eigenvalue weighted by Crippen LogP contribution is -2.32. The highest BCUT2D eigenvalue weighted by Crippen LogP contribution is 2.35. The highest BCUT2D eigenvalue weighted by atomic mass is 32.2. The summed E-state index contributed by atoms with van der Waals surface area (Å²) in [6.07, 6.45) is 4.36. The molecule has 0 radical (unpaired) electrons. The molecule has 0 amide bonds. The van der Waals surface area contributed by atoms with Crippen LogP contribution >= 0.6 is 34.9 Å². The van der Waals surface area contributed by atoms with Crippen molar-refractivity contribution in [3.05, 3.63) is 12.7 Å². The molecular weight excluding hydrogens is 422 g/mol. The second-order valence-corrected chi connectivity index (χ2v) is 9.23. The fraction of sp³-hybridized carbons (Fsp3) is 0.400. The van der Waals surface area contributed by atoms with Crippen molar-refractivity contribution in [2.75, 3.05) is 17.2 Å². The number of aromatic nitrogens is 6. The van der Waals surface area contributed by atoms with Gasteiger partial charge in [-0.15, -0.1) is 16.6 Å². The summed E-state index contributed by atoms with van der Waals surface area (Å²) in [7, 11) is 0. The molecule has 3 aromatic rings. The lowest BCUT2D eigenvalue weighted by molar-refractivity contribution is -0.0289. The van der Waals surface area contributed by atoms with Crippen molar-refractivity contribution in [2.24, 2.45) is 0 Å². The average molecular weight is 438 g/mol. The number of ether oxygens (including phenoxy) is 1. The van der Waals surface area contributed by atoms with Crippen molar-refractivity contribution in [3.8, 4) is 12.3 Å². The summed E-state index contributed by atoms with van der Waals surface area (Å²) in [5.74, 6) is 3.70. The van der Waals surface area contributed by atoms with E-state index in [1.807, 2.05) is 0 Å². The third kappa shape index (κ3) is 3.66. The fourth-order valence-electron chi connectivity index (χ4n) is 2.72. The standard InChI is InChI=1S/C15H15N7O3S3/c1-2-3-26-14-20-21-15(28-14)27-4-7-9(23)10(24)13(25-7)22-6-19-8-11(16)17-5-18-12(8)22/h1,5-7,9-10,13,23-24H,3-4H2,(H2,16,17,18)/t7-,9-,10-,13-/m1/s1. The van der Waals surface area contributed by atoms with Crippen molar-refractivity contribution in [3.63, 3.8) is 0 Å². The van der Waals surface area contributed by atoms with Gasteiger partial charge in [-0.2, -0.15) is 0 Å². The van der Waals surface area contributed by atoms with Crippen LogP contribution in [-0.2, 0) is 4.74 Å². The van der Waals surface area contributed by atoms with Crippen LogP contribution < -0.4 is 5.73 Å². The number of hydrogen-bond acceptors (Lipinski definition) is 12. The molecule has 4 atom stereocenters. The van der Waals surface area contributed by atoms with Gasteiger partial charge in [0.05, 0.1) is 18.2 Å². The molecule has 13 heteroatoms. The Bertz CT molecular complexity index is 1020. The summed E-state index contributed by atoms with van der Waals surface area (Å²) in [6.45, 7) is 0. The van der Waals surface area contributed by atoms with E-state index in [1.165, 1.54) is 47.5 Å². The molecule has 1 aliphatic rings. The summed E-state index contributed by atoms with van der Waals surface area (Å²) < 4.78 is 8.97. The van der Waals surface area contributed by atoms with Gasteiger partial charge in [0.25, 0.3) is 0 Å². The normalized spacial score (nSPS) is 24.6. The molecule has 0 aliphatic carbocycles. The number of aliphatic hydroxyl groups is 2. The molecule has 3 aromatic heterocycles. The molecule has 28 heavy (non-hydrogen) atoms. The second-order valence-electron chi connectivity index (χ2n) is 5.77. The SMILES string of the molecule is C#CCSc1nnc(SC[C@H]2O[C@@H](n3cnc4c(N)ncnc43)[C@H](O)[C@@H]2O)s1. The first-order chi connectivity index (χ1) is 13.6. The number of aliphatic hydroxyl groups excluding tert-OH is 2. The zero-order chi connectivity index (χ0) is 19.7. The van der Waals surface area contributed by atoms with Crippen molar-refractivity contribution in [1.29, 1.82) is 0 Å². The van der Waals surface area contributed by atoms with Gasteiger partial charge in [0.1, 0.15) is 24.1 Å². The number of anilines is 1. The number of imidazole rings is 1. The lowest BCUT2D eigenvalue weighted by atomic mass is 10.1. The van der Waals surface area contributed by atoms with Gasteiger partial charge < -0.3 is 20.7 Å². The smallest absolute Gasteiger partial charge is 0.176 e. The summed E-state index contributed by atoms with van der Waals surface area (Å²) in [6, 6.07) is 0. The Kier molecular flexibility index (Phi) is 5.67. The van der Waals surface area contributed by atoms with Crippen molar-refractivity contribution < 1.29 is 14.9 Å². The summed E-state index contributed by atoms with van der Waals surface area (Å²) >= 11 is 4.26. The molecule has 0 saturated carbocycles. The zero-order valence-corrected chi connectivity index (χ0v) is 16.7. The highest BCUT2D eigenvalue weighted by molar-refractivity contribution is 8.03. The maximum atomic E-state index is 10.5. The minimum Gasteiger partial charge on any atom is -0.387 e. The van der Waals surface area contributed by atoms with Crippen LogP contribution in [0, 0.1) is 12.3 Å². The van der Waals surface area contributed by atoms with Crippen molar-refractivity contribution in [2.45, 2.75) is 33.2 Å². The molecular formula is C15H15N7O3S3. The van der Waals surface area contributed by atoms with E-state index in [1.54, 1.807) is 4.57 Å². The van der Waals surface area contributed by atoms with Crippen LogP contribution in [0.1, 0.15) is 6.23 Å². The minimum atomic E-state index is -1.14. The third-order valence-corrected chi connectivity index (χ3v) is 7.22. The van der Waals surface area contributed by atoms with Crippen LogP contribution in [0.15, 0.2) is 21.3 Å². The van der Waals surface area contributed by atoms with Crippen LogP contribution in [-0.4, -0.2) is 69.7 Å². The van der Waals surface area contributed by atoms with Crippen molar-refractivity contribution in [1.82, 2.24) is 29.7 Å². The Morgan fingerprint density at radius 2 is 2.00 bits per heavy atom. The molecule has 4 heterocycles. The minimum absolute atomic E-state index is 0.235. The highest BCUT2D eigenvalue weighted by Gasteiger charge is 2.44. The lowest BCUT2D eigenvalue weighted by Gasteiger charge is -2.16. The molecule has 146 valence electrons. The number of rotatable bonds is 6. The summed E-state index contributed by atoms with van der Waals surface area (Å²) in [4.78, 5) is 12.2. The van der Waals surface area contributed by atoms with E-state index in [9.17, 15) is 10.2 Å². The molecule has 0 unspecified atom stereocenters. The first-order valence-corrected chi connectivity index (χ1v) is 10.8. The Hall–Kier alpha value is -1.95. The van der Waals surface area contributed by atoms with Crippen molar-refractivity contribution >= 4 is 51.8 Å². The van der Waals surface area contributed by atoms with E-state index in [0.29, 0.717) is 22.7 Å². The maximum absolute atomic E-state index is 10.5. The number of terminal acetylenes is 1. The largest absolute Gasteiger partial charge is 0.387 e. The van der Waals surface area contributed by atoms with Gasteiger partial charge in [-0.1, -0.05) is 40.8 Å². The molecule has 0 spiro atoms. The Labute approximate surface area is 171 Å². The fourth-order valence-corrected chi connectivity index (χ4v) is 5.51. The van der Waals surface area contributed by atoms with Gasteiger partial charge in [0, 0.05) is 5.75 Å². The molecule has 0 aromatic carbocycles. The third-order valence-electron chi connectivity index (χ3n) is 4.04. The Balaban J connectivity index is 1.45. The molecule has 10 nitrogen and oxygen atoms in total. The topological polar surface area (TPSA) is 145 Å². The predicted molar refractivity (Wildman–Crippen MR) is 106 cm³/mol. The molecule has 1 aliphatic heterocycles. The van der Waals surface area contributed by atoms with Gasteiger partial charge in [-0.25, -0.2) is 15.0 Å². The number of nitrogen functional groups attached to an aromatic ring is 1. The van der Waals surface area contributed by atoms with E-state index in [2.05, 4.69) is 31.1 Å². The van der Waals surface area contributed by atoms with Crippen LogP contribution in [0.5, 0.6) is 0 Å². The Morgan fingerprint density at radius 3 is 2.79 bits per heavy atom. The van der Waals surface area contributed by atoms with E-state index in [0.717, 1.165) is 8.68 Å². The van der Waals surface area contributed by atoms with Gasteiger partial charge in [-0.3, -0.25) is 4.57 Å². The van der Waals surface area contributed by atoms with E-state index in [4.69, 9.17) is 16.9 Å². The molecule has 4 N–H and O–H groups in total. The zero-order valence-electron chi connectivity index (χ0n) is 14.2. The second kappa shape index (κ2) is 8.19. The van der Waals surface area contributed by atoms with E-state index in [-0.39, 0.29) is 5.82 Å². The molecule has 1 saturated heterocycles. The van der Waals surface area contributed by atoms with Crippen LogP contribution in [0.3, 0.4) is 0 Å². The van der Waals surface area contributed by atoms with E-state index >= 15 is 0 Å². The summed E-state index contributed by atoms with van der Waals surface area (Å²) in [5.41, 5.74) is 6.64.